The maximum absolute atomic E-state index is 11.2. The number of nitrogens with one attached hydrogen (secondary N) is 1. The lowest BCUT2D eigenvalue weighted by atomic mass is 10.1. The number of ether oxygens (including phenoxy) is 1. The van der Waals surface area contributed by atoms with Crippen LogP contribution in [0.4, 0.5) is 10.5 Å². The number of hydrazone groups is 1. The van der Waals surface area contributed by atoms with Gasteiger partial charge in [0.25, 0.3) is 0 Å². The average Bonchev–Trinajstić information content (AvgIpc) is 2.43. The van der Waals surface area contributed by atoms with Crippen molar-refractivity contribution in [2.75, 3.05) is 6.61 Å². The first-order valence-corrected chi connectivity index (χ1v) is 6.52. The Kier molecular flexibility index (Phi) is 6.66. The molecule has 2 amide bonds. The highest BCUT2D eigenvalue weighted by atomic mass is 16.6. The second-order valence-corrected chi connectivity index (χ2v) is 4.21. The van der Waals surface area contributed by atoms with E-state index in [9.17, 15) is 14.9 Å². The minimum absolute atomic E-state index is 0.0841. The number of nitrogens with two attached hydrogens (primary N) is 1. The standard InChI is InChI=1S/C13H18N4O4/c1-2-3-9-21-11-6-4-5-10(12(11)17(19)20)7-8-15-16-13(14)18/h4-6,8H,2-3,7,9H2,1H3,(H3,14,16,18)/b15-8+. The van der Waals surface area contributed by atoms with E-state index < -0.39 is 11.0 Å². The number of primary amides is 1. The van der Waals surface area contributed by atoms with Gasteiger partial charge in [0.2, 0.25) is 0 Å². The number of carbonyl (C=O) groups excluding carboxylic acids is 1. The first kappa shape index (κ1) is 16.4. The predicted molar refractivity (Wildman–Crippen MR) is 78.4 cm³/mol. The van der Waals surface area contributed by atoms with E-state index in [0.717, 1.165) is 12.8 Å². The molecule has 0 aliphatic heterocycles. The summed E-state index contributed by atoms with van der Waals surface area (Å²) in [4.78, 5) is 21.2. The van der Waals surface area contributed by atoms with Crippen LogP contribution in [0.25, 0.3) is 0 Å². The fourth-order valence-corrected chi connectivity index (χ4v) is 1.64. The molecule has 0 spiro atoms. The Bertz CT molecular complexity index is 531. The second kappa shape index (κ2) is 8.51. The highest BCUT2D eigenvalue weighted by molar-refractivity contribution is 5.73. The summed E-state index contributed by atoms with van der Waals surface area (Å²) in [6.45, 7) is 2.44. The van der Waals surface area contributed by atoms with Crippen molar-refractivity contribution in [3.05, 3.63) is 33.9 Å². The van der Waals surface area contributed by atoms with E-state index >= 15 is 0 Å². The monoisotopic (exact) mass is 294 g/mol. The molecule has 0 fully saturated rings. The van der Waals surface area contributed by atoms with Crippen LogP contribution in [0.3, 0.4) is 0 Å². The van der Waals surface area contributed by atoms with Gasteiger partial charge in [-0.3, -0.25) is 10.1 Å². The number of rotatable bonds is 8. The minimum Gasteiger partial charge on any atom is -0.487 e. The number of nitro groups is 1. The molecular weight excluding hydrogens is 276 g/mol. The van der Waals surface area contributed by atoms with Gasteiger partial charge < -0.3 is 10.5 Å². The van der Waals surface area contributed by atoms with Crippen molar-refractivity contribution in [2.24, 2.45) is 10.8 Å². The van der Waals surface area contributed by atoms with Gasteiger partial charge in [0.1, 0.15) is 0 Å². The number of nitrogens with zero attached hydrogens (tertiary/aromatic N) is 2. The van der Waals surface area contributed by atoms with Crippen LogP contribution in [0, 0.1) is 10.1 Å². The van der Waals surface area contributed by atoms with Gasteiger partial charge in [-0.25, -0.2) is 10.2 Å². The maximum Gasteiger partial charge on any atom is 0.332 e. The Labute approximate surface area is 122 Å². The summed E-state index contributed by atoms with van der Waals surface area (Å²) in [6, 6.07) is 4.06. The lowest BCUT2D eigenvalue weighted by Gasteiger charge is -2.08. The van der Waals surface area contributed by atoms with Crippen molar-refractivity contribution < 1.29 is 14.5 Å². The molecule has 0 saturated heterocycles. The summed E-state index contributed by atoms with van der Waals surface area (Å²) in [5.74, 6) is 0.238. The molecule has 0 saturated carbocycles. The number of nitro benzene ring substituents is 1. The Balaban J connectivity index is 2.87. The molecule has 0 radical (unpaired) electrons. The topological polar surface area (TPSA) is 120 Å². The number of unbranched alkanes of at least 4 members (excludes halogenated alkanes) is 1. The number of hydrogen-bond donors (Lipinski definition) is 2. The molecule has 0 atom stereocenters. The molecule has 114 valence electrons. The van der Waals surface area contributed by atoms with Gasteiger partial charge in [-0.2, -0.15) is 5.10 Å². The molecule has 0 bridgehead atoms. The molecule has 3 N–H and O–H groups in total. The second-order valence-electron chi connectivity index (χ2n) is 4.21. The Morgan fingerprint density at radius 3 is 2.95 bits per heavy atom. The van der Waals surface area contributed by atoms with Gasteiger partial charge in [-0.1, -0.05) is 25.5 Å². The molecular formula is C13H18N4O4. The quantitative estimate of drug-likeness (QED) is 0.329. The molecule has 1 aromatic rings. The maximum atomic E-state index is 11.2. The Morgan fingerprint density at radius 2 is 2.33 bits per heavy atom. The van der Waals surface area contributed by atoms with E-state index in [0.29, 0.717) is 12.2 Å². The molecule has 0 aliphatic rings. The van der Waals surface area contributed by atoms with Crippen molar-refractivity contribution in [3.63, 3.8) is 0 Å². The van der Waals surface area contributed by atoms with Crippen molar-refractivity contribution in [1.29, 1.82) is 0 Å². The molecule has 21 heavy (non-hydrogen) atoms. The zero-order valence-electron chi connectivity index (χ0n) is 11.7. The summed E-state index contributed by atoms with van der Waals surface area (Å²) < 4.78 is 5.45. The van der Waals surface area contributed by atoms with Crippen LogP contribution in [-0.2, 0) is 6.42 Å². The van der Waals surface area contributed by atoms with E-state index in [1.165, 1.54) is 6.21 Å². The van der Waals surface area contributed by atoms with Crippen LogP contribution in [-0.4, -0.2) is 23.8 Å². The van der Waals surface area contributed by atoms with Crippen LogP contribution in [0.15, 0.2) is 23.3 Å². The smallest absolute Gasteiger partial charge is 0.332 e. The summed E-state index contributed by atoms with van der Waals surface area (Å²) in [7, 11) is 0. The van der Waals surface area contributed by atoms with Crippen LogP contribution >= 0.6 is 0 Å². The van der Waals surface area contributed by atoms with Crippen LogP contribution in [0.1, 0.15) is 25.3 Å². The number of para-hydroxylation sites is 1. The summed E-state index contributed by atoms with van der Waals surface area (Å²) in [5, 5.41) is 14.8. The van der Waals surface area contributed by atoms with Crippen molar-refractivity contribution >= 4 is 17.9 Å². The number of urea groups is 1. The lowest BCUT2D eigenvalue weighted by molar-refractivity contribution is -0.386. The summed E-state index contributed by atoms with van der Waals surface area (Å²) in [5.41, 5.74) is 7.24. The number of hydrogen-bond acceptors (Lipinski definition) is 5. The van der Waals surface area contributed by atoms with Crippen LogP contribution < -0.4 is 15.9 Å². The fourth-order valence-electron chi connectivity index (χ4n) is 1.64. The molecule has 8 nitrogen and oxygen atoms in total. The zero-order chi connectivity index (χ0) is 15.7. The van der Waals surface area contributed by atoms with Crippen molar-refractivity contribution in [1.82, 2.24) is 5.43 Å². The summed E-state index contributed by atoms with van der Waals surface area (Å²) >= 11 is 0. The van der Waals surface area contributed by atoms with Gasteiger partial charge in [0.15, 0.2) is 5.75 Å². The average molecular weight is 294 g/mol. The van der Waals surface area contributed by atoms with Crippen LogP contribution in [0.5, 0.6) is 5.75 Å². The van der Waals surface area contributed by atoms with E-state index in [-0.39, 0.29) is 17.9 Å². The zero-order valence-corrected chi connectivity index (χ0v) is 11.7. The van der Waals surface area contributed by atoms with E-state index in [4.69, 9.17) is 10.5 Å². The van der Waals surface area contributed by atoms with Gasteiger partial charge in [-0.15, -0.1) is 0 Å². The third-order valence-corrected chi connectivity index (χ3v) is 2.60. The van der Waals surface area contributed by atoms with E-state index in [2.05, 4.69) is 5.10 Å². The molecule has 0 heterocycles. The lowest BCUT2D eigenvalue weighted by Crippen LogP contribution is -2.24. The largest absolute Gasteiger partial charge is 0.487 e. The predicted octanol–water partition coefficient (Wildman–Crippen LogP) is 1.97. The number of benzene rings is 1. The van der Waals surface area contributed by atoms with E-state index in [1.54, 1.807) is 18.2 Å². The molecule has 1 rings (SSSR count). The molecule has 8 heteroatoms. The number of amides is 2. The fraction of sp³-hybridized carbons (Fsp3) is 0.385. The highest BCUT2D eigenvalue weighted by Crippen LogP contribution is 2.31. The molecule has 0 aromatic heterocycles. The third kappa shape index (κ3) is 5.47. The molecule has 1 aromatic carbocycles. The first-order chi connectivity index (χ1) is 10.1. The van der Waals surface area contributed by atoms with Gasteiger partial charge in [-0.05, 0) is 12.5 Å². The highest BCUT2D eigenvalue weighted by Gasteiger charge is 2.20. The molecule has 0 aliphatic carbocycles. The Morgan fingerprint density at radius 1 is 1.57 bits per heavy atom. The van der Waals surface area contributed by atoms with E-state index in [1.807, 2.05) is 12.3 Å². The normalized spacial score (nSPS) is 10.5. The van der Waals surface area contributed by atoms with Crippen LogP contribution in [0.2, 0.25) is 0 Å². The first-order valence-electron chi connectivity index (χ1n) is 6.52. The number of carbonyl (C=O) groups is 1. The van der Waals surface area contributed by atoms with Gasteiger partial charge >= 0.3 is 11.7 Å². The van der Waals surface area contributed by atoms with Crippen molar-refractivity contribution in [2.45, 2.75) is 26.2 Å². The van der Waals surface area contributed by atoms with Crippen molar-refractivity contribution in [3.8, 4) is 5.75 Å². The SMILES string of the molecule is CCCCOc1cccc(C/C=N/NC(N)=O)c1[N+](=O)[O-]. The van der Waals surface area contributed by atoms with Gasteiger partial charge in [0.05, 0.1) is 11.5 Å². The third-order valence-electron chi connectivity index (χ3n) is 2.60. The minimum atomic E-state index is -0.794. The molecule has 0 unspecified atom stereocenters. The van der Waals surface area contributed by atoms with Gasteiger partial charge in [0, 0.05) is 18.2 Å². The Hall–Kier alpha value is -2.64. The summed E-state index contributed by atoms with van der Waals surface area (Å²) in [6.07, 6.45) is 3.29.